The zero-order valence-electron chi connectivity index (χ0n) is 14.8. The average molecular weight is 384 g/mol. The maximum Gasteiger partial charge on any atom is 0.214 e. The summed E-state index contributed by atoms with van der Waals surface area (Å²) in [5.41, 5.74) is 2.61. The predicted molar refractivity (Wildman–Crippen MR) is 94.6 cm³/mol. The van der Waals surface area contributed by atoms with Gasteiger partial charge in [0.25, 0.3) is 0 Å². The Bertz CT molecular complexity index is 912. The number of halogens is 2. The van der Waals surface area contributed by atoms with E-state index in [0.717, 1.165) is 23.0 Å². The van der Waals surface area contributed by atoms with Crippen molar-refractivity contribution in [1.29, 1.82) is 0 Å². The summed E-state index contributed by atoms with van der Waals surface area (Å²) < 4.78 is 53.6. The summed E-state index contributed by atoms with van der Waals surface area (Å²) in [6, 6.07) is 3.39. The molecule has 2 heterocycles. The third-order valence-electron chi connectivity index (χ3n) is 4.62. The number of nitrogens with one attached hydrogen (secondary N) is 1. The number of hydrogen-bond donors (Lipinski definition) is 1. The molecule has 142 valence electrons. The molecular formula is C17H22F2N4O2S. The molecule has 1 aliphatic rings. The molecule has 1 aromatic heterocycles. The Morgan fingerprint density at radius 3 is 2.69 bits per heavy atom. The highest BCUT2D eigenvalue weighted by atomic mass is 32.2. The van der Waals surface area contributed by atoms with Crippen LogP contribution in [-0.2, 0) is 16.6 Å². The minimum absolute atomic E-state index is 0.196. The lowest BCUT2D eigenvalue weighted by atomic mass is 10.2. The molecule has 0 bridgehead atoms. The van der Waals surface area contributed by atoms with E-state index in [9.17, 15) is 17.2 Å². The van der Waals surface area contributed by atoms with Crippen LogP contribution in [0.4, 0.5) is 8.78 Å². The van der Waals surface area contributed by atoms with Crippen LogP contribution in [0.25, 0.3) is 5.69 Å². The first-order chi connectivity index (χ1) is 12.3. The van der Waals surface area contributed by atoms with Crippen molar-refractivity contribution in [1.82, 2.24) is 19.4 Å². The minimum Gasteiger partial charge on any atom is -0.311 e. The number of nitrogens with zero attached hydrogens (tertiary/aromatic N) is 3. The molecule has 6 nitrogen and oxygen atoms in total. The summed E-state index contributed by atoms with van der Waals surface area (Å²) in [7, 11) is -3.08. The van der Waals surface area contributed by atoms with E-state index >= 15 is 0 Å². The van der Waals surface area contributed by atoms with E-state index in [-0.39, 0.29) is 11.4 Å². The van der Waals surface area contributed by atoms with E-state index < -0.39 is 21.7 Å². The third-order valence-corrected chi connectivity index (χ3v) is 6.58. The molecule has 2 aromatic rings. The molecule has 1 aromatic carbocycles. The first-order valence-corrected chi connectivity index (χ1v) is 10.1. The van der Waals surface area contributed by atoms with Gasteiger partial charge in [-0.05, 0) is 32.4 Å². The lowest BCUT2D eigenvalue weighted by Gasteiger charge is -2.14. The van der Waals surface area contributed by atoms with Gasteiger partial charge in [0, 0.05) is 43.5 Å². The van der Waals surface area contributed by atoms with Crippen LogP contribution in [0, 0.1) is 25.5 Å². The van der Waals surface area contributed by atoms with E-state index in [1.54, 1.807) is 0 Å². The van der Waals surface area contributed by atoms with Crippen molar-refractivity contribution in [3.63, 3.8) is 0 Å². The van der Waals surface area contributed by atoms with Gasteiger partial charge in [-0.3, -0.25) is 0 Å². The lowest BCUT2D eigenvalue weighted by molar-refractivity contribution is 0.433. The Balaban J connectivity index is 1.67. The van der Waals surface area contributed by atoms with Gasteiger partial charge < -0.3 is 5.32 Å². The molecule has 0 radical (unpaired) electrons. The number of aromatic nitrogens is 2. The van der Waals surface area contributed by atoms with Gasteiger partial charge in [-0.2, -0.15) is 5.10 Å². The standard InChI is InChI=1S/C17H22F2N4O2S/c1-12-15(11-20-6-8-22-7-3-9-26(22,24)25)13(2)23(21-12)17-5-4-14(18)10-16(17)19/h4-5,10,20H,3,6-9,11H2,1-2H3. The molecule has 0 aliphatic carbocycles. The highest BCUT2D eigenvalue weighted by molar-refractivity contribution is 7.89. The summed E-state index contributed by atoms with van der Waals surface area (Å²) in [5, 5.41) is 7.58. The normalized spacial score (nSPS) is 17.1. The second-order valence-electron chi connectivity index (χ2n) is 6.40. The van der Waals surface area contributed by atoms with Gasteiger partial charge in [0.1, 0.15) is 11.5 Å². The first kappa shape index (κ1) is 18.9. The van der Waals surface area contributed by atoms with Gasteiger partial charge in [0.05, 0.1) is 11.4 Å². The Kier molecular flexibility index (Phi) is 5.40. The van der Waals surface area contributed by atoms with Crippen LogP contribution in [0.15, 0.2) is 18.2 Å². The first-order valence-electron chi connectivity index (χ1n) is 8.48. The van der Waals surface area contributed by atoms with Gasteiger partial charge >= 0.3 is 0 Å². The van der Waals surface area contributed by atoms with Crippen molar-refractivity contribution in [2.75, 3.05) is 25.4 Å². The molecule has 0 atom stereocenters. The molecule has 1 saturated heterocycles. The number of hydrogen-bond acceptors (Lipinski definition) is 4. The van der Waals surface area contributed by atoms with Crippen molar-refractivity contribution in [3.8, 4) is 5.69 Å². The van der Waals surface area contributed by atoms with Crippen molar-refractivity contribution < 1.29 is 17.2 Å². The van der Waals surface area contributed by atoms with Crippen LogP contribution in [0.1, 0.15) is 23.4 Å². The van der Waals surface area contributed by atoms with Crippen LogP contribution in [-0.4, -0.2) is 47.9 Å². The van der Waals surface area contributed by atoms with Gasteiger partial charge in [-0.1, -0.05) is 0 Å². The van der Waals surface area contributed by atoms with Crippen LogP contribution in [0.2, 0.25) is 0 Å². The summed E-state index contributed by atoms with van der Waals surface area (Å²) in [6.07, 6.45) is 0.677. The van der Waals surface area contributed by atoms with Crippen molar-refractivity contribution in [3.05, 3.63) is 46.8 Å². The number of aryl methyl sites for hydroxylation is 1. The Labute approximate surface area is 151 Å². The number of sulfonamides is 1. The van der Waals surface area contributed by atoms with E-state index in [0.29, 0.717) is 32.6 Å². The molecule has 1 aliphatic heterocycles. The molecule has 0 unspecified atom stereocenters. The zero-order valence-corrected chi connectivity index (χ0v) is 15.6. The van der Waals surface area contributed by atoms with Gasteiger partial charge in [0.2, 0.25) is 10.0 Å². The quantitative estimate of drug-likeness (QED) is 0.773. The van der Waals surface area contributed by atoms with Gasteiger partial charge in [0.15, 0.2) is 5.82 Å². The summed E-state index contributed by atoms with van der Waals surface area (Å²) >= 11 is 0. The molecule has 0 saturated carbocycles. The zero-order chi connectivity index (χ0) is 18.9. The van der Waals surface area contributed by atoms with Crippen molar-refractivity contribution in [2.45, 2.75) is 26.8 Å². The number of benzene rings is 1. The SMILES string of the molecule is Cc1nn(-c2ccc(F)cc2F)c(C)c1CNCCN1CCCS1(=O)=O. The van der Waals surface area contributed by atoms with Crippen LogP contribution in [0.5, 0.6) is 0 Å². The second kappa shape index (κ2) is 7.42. The second-order valence-corrected chi connectivity index (χ2v) is 8.49. The van der Waals surface area contributed by atoms with Crippen molar-refractivity contribution in [2.24, 2.45) is 0 Å². The molecule has 1 fully saturated rings. The molecule has 0 spiro atoms. The summed E-state index contributed by atoms with van der Waals surface area (Å²) in [6.45, 7) is 5.67. The average Bonchev–Trinajstić information content (AvgIpc) is 3.04. The van der Waals surface area contributed by atoms with Gasteiger partial charge in [-0.25, -0.2) is 26.2 Å². The van der Waals surface area contributed by atoms with Crippen molar-refractivity contribution >= 4 is 10.0 Å². The Morgan fingerprint density at radius 1 is 1.27 bits per heavy atom. The predicted octanol–water partition coefficient (Wildman–Crippen LogP) is 1.89. The third kappa shape index (κ3) is 3.79. The lowest BCUT2D eigenvalue weighted by Crippen LogP contribution is -2.33. The largest absolute Gasteiger partial charge is 0.311 e. The highest BCUT2D eigenvalue weighted by Crippen LogP contribution is 2.20. The highest BCUT2D eigenvalue weighted by Gasteiger charge is 2.27. The van der Waals surface area contributed by atoms with Crippen LogP contribution >= 0.6 is 0 Å². The monoisotopic (exact) mass is 384 g/mol. The fourth-order valence-electron chi connectivity index (χ4n) is 3.18. The molecular weight excluding hydrogens is 362 g/mol. The van der Waals surface area contributed by atoms with E-state index in [1.165, 1.54) is 21.1 Å². The van der Waals surface area contributed by atoms with E-state index in [4.69, 9.17) is 0 Å². The smallest absolute Gasteiger partial charge is 0.214 e. The Morgan fingerprint density at radius 2 is 2.04 bits per heavy atom. The maximum absolute atomic E-state index is 14.0. The van der Waals surface area contributed by atoms with E-state index in [2.05, 4.69) is 10.4 Å². The molecule has 26 heavy (non-hydrogen) atoms. The Hall–Kier alpha value is -1.84. The fourth-order valence-corrected chi connectivity index (χ4v) is 4.71. The van der Waals surface area contributed by atoms with E-state index in [1.807, 2.05) is 13.8 Å². The summed E-state index contributed by atoms with van der Waals surface area (Å²) in [5.74, 6) is -1.08. The molecule has 9 heteroatoms. The van der Waals surface area contributed by atoms with Crippen LogP contribution in [0.3, 0.4) is 0 Å². The number of rotatable bonds is 6. The van der Waals surface area contributed by atoms with Crippen LogP contribution < -0.4 is 5.32 Å². The van der Waals surface area contributed by atoms with Gasteiger partial charge in [-0.15, -0.1) is 0 Å². The topological polar surface area (TPSA) is 67.2 Å². The fraction of sp³-hybridized carbons (Fsp3) is 0.471. The molecule has 3 rings (SSSR count). The maximum atomic E-state index is 14.0. The molecule has 1 N–H and O–H groups in total. The molecule has 0 amide bonds. The minimum atomic E-state index is -3.08. The summed E-state index contributed by atoms with van der Waals surface area (Å²) in [4.78, 5) is 0.